The summed E-state index contributed by atoms with van der Waals surface area (Å²) in [4.78, 5) is 33.9. The second kappa shape index (κ2) is 6.83. The highest BCUT2D eigenvalue weighted by Gasteiger charge is 2.25. The van der Waals surface area contributed by atoms with Crippen molar-refractivity contribution in [3.05, 3.63) is 30.1 Å². The van der Waals surface area contributed by atoms with E-state index in [1.54, 1.807) is 13.8 Å². The van der Waals surface area contributed by atoms with Crippen molar-refractivity contribution in [3.8, 4) is 0 Å². The fourth-order valence-electron chi connectivity index (χ4n) is 1.77. The van der Waals surface area contributed by atoms with Gasteiger partial charge in [-0.15, -0.1) is 0 Å². The maximum absolute atomic E-state index is 12.7. The zero-order valence-corrected chi connectivity index (χ0v) is 11.8. The Kier molecular flexibility index (Phi) is 5.40. The third-order valence-corrected chi connectivity index (χ3v) is 2.62. The van der Waals surface area contributed by atoms with Crippen molar-refractivity contribution in [2.75, 3.05) is 5.32 Å². The Balaban J connectivity index is 2.49. The lowest BCUT2D eigenvalue weighted by molar-refractivity contribution is -0.139. The largest absolute Gasteiger partial charge is 0.481 e. The van der Waals surface area contributed by atoms with Crippen LogP contribution in [0.1, 0.15) is 26.7 Å². The van der Waals surface area contributed by atoms with E-state index in [-0.39, 0.29) is 12.8 Å². The average molecular weight is 296 g/mol. The Labute approximate surface area is 121 Å². The molecular weight excluding hydrogens is 279 g/mol. The van der Waals surface area contributed by atoms with E-state index in [0.29, 0.717) is 5.69 Å². The summed E-state index contributed by atoms with van der Waals surface area (Å²) in [7, 11) is 0. The monoisotopic (exact) mass is 296 g/mol. The molecule has 7 heteroatoms. The molecule has 1 aromatic rings. The van der Waals surface area contributed by atoms with Crippen molar-refractivity contribution in [1.29, 1.82) is 0 Å². The van der Waals surface area contributed by atoms with Gasteiger partial charge in [-0.2, -0.15) is 0 Å². The van der Waals surface area contributed by atoms with Crippen LogP contribution in [0.4, 0.5) is 14.9 Å². The summed E-state index contributed by atoms with van der Waals surface area (Å²) in [6.07, 6.45) is -0.282. The third-order valence-electron chi connectivity index (χ3n) is 2.62. The number of benzene rings is 1. The number of carbonyl (C=O) groups is 3. The Morgan fingerprint density at radius 2 is 1.71 bits per heavy atom. The molecule has 0 aliphatic rings. The van der Waals surface area contributed by atoms with Crippen LogP contribution in [-0.2, 0) is 9.59 Å². The van der Waals surface area contributed by atoms with E-state index in [1.807, 2.05) is 0 Å². The lowest BCUT2D eigenvalue weighted by Gasteiger charge is -2.21. The van der Waals surface area contributed by atoms with Gasteiger partial charge in [0.1, 0.15) is 5.82 Å². The molecule has 0 spiro atoms. The highest BCUT2D eigenvalue weighted by molar-refractivity contribution is 6.01. The first kappa shape index (κ1) is 16.6. The van der Waals surface area contributed by atoms with Crippen LogP contribution in [0, 0.1) is 11.2 Å². The molecule has 0 saturated heterocycles. The molecule has 3 N–H and O–H groups in total. The highest BCUT2D eigenvalue weighted by atomic mass is 19.1. The van der Waals surface area contributed by atoms with Gasteiger partial charge in [0.25, 0.3) is 0 Å². The summed E-state index contributed by atoms with van der Waals surface area (Å²) in [5.74, 6) is -2.03. The van der Waals surface area contributed by atoms with Crippen LogP contribution in [0.3, 0.4) is 0 Å². The van der Waals surface area contributed by atoms with Crippen LogP contribution in [0.2, 0.25) is 0 Å². The molecule has 0 aliphatic carbocycles. The van der Waals surface area contributed by atoms with Gasteiger partial charge < -0.3 is 10.4 Å². The first-order valence-electron chi connectivity index (χ1n) is 6.26. The number of aliphatic carboxylic acids is 1. The number of carboxylic acids is 1. The number of hydrogen-bond donors (Lipinski definition) is 3. The molecule has 1 aromatic carbocycles. The molecule has 0 heterocycles. The summed E-state index contributed by atoms with van der Waals surface area (Å²) in [6.45, 7) is 3.25. The van der Waals surface area contributed by atoms with E-state index in [9.17, 15) is 18.8 Å². The van der Waals surface area contributed by atoms with Crippen molar-refractivity contribution in [2.45, 2.75) is 26.7 Å². The third kappa shape index (κ3) is 6.51. The molecule has 0 saturated carbocycles. The number of halogens is 1. The second-order valence-electron chi connectivity index (χ2n) is 5.42. The highest BCUT2D eigenvalue weighted by Crippen LogP contribution is 2.24. The van der Waals surface area contributed by atoms with Gasteiger partial charge in [0, 0.05) is 12.1 Å². The lowest BCUT2D eigenvalue weighted by Crippen LogP contribution is -2.37. The Bertz CT molecular complexity index is 540. The van der Waals surface area contributed by atoms with Crippen LogP contribution in [0.15, 0.2) is 24.3 Å². The summed E-state index contributed by atoms with van der Waals surface area (Å²) in [6, 6.07) is 4.31. The van der Waals surface area contributed by atoms with Gasteiger partial charge in [0.2, 0.25) is 5.91 Å². The fourth-order valence-corrected chi connectivity index (χ4v) is 1.77. The SMILES string of the molecule is CC(C)(CC(=O)O)CC(=O)NC(=O)Nc1ccc(F)cc1. The predicted octanol–water partition coefficient (Wildman–Crippen LogP) is 2.36. The molecule has 0 aliphatic heterocycles. The molecule has 114 valence electrons. The van der Waals surface area contributed by atoms with Crippen LogP contribution < -0.4 is 10.6 Å². The van der Waals surface area contributed by atoms with Gasteiger partial charge in [-0.05, 0) is 29.7 Å². The van der Waals surface area contributed by atoms with E-state index in [1.165, 1.54) is 24.3 Å². The number of amides is 3. The quantitative estimate of drug-likeness (QED) is 0.777. The van der Waals surface area contributed by atoms with E-state index < -0.39 is 29.1 Å². The van der Waals surface area contributed by atoms with Crippen LogP contribution in [0.5, 0.6) is 0 Å². The molecule has 6 nitrogen and oxygen atoms in total. The minimum atomic E-state index is -1.01. The van der Waals surface area contributed by atoms with E-state index in [2.05, 4.69) is 10.6 Å². The number of imide groups is 1. The van der Waals surface area contributed by atoms with Crippen LogP contribution in [0.25, 0.3) is 0 Å². The number of carboxylic acid groups (broad SMARTS) is 1. The van der Waals surface area contributed by atoms with E-state index >= 15 is 0 Å². The topological polar surface area (TPSA) is 95.5 Å². The maximum atomic E-state index is 12.7. The Morgan fingerprint density at radius 1 is 1.14 bits per heavy atom. The number of carbonyl (C=O) groups excluding carboxylic acids is 2. The minimum absolute atomic E-state index is 0.101. The van der Waals surface area contributed by atoms with Crippen molar-refractivity contribution >= 4 is 23.6 Å². The van der Waals surface area contributed by atoms with E-state index in [0.717, 1.165) is 0 Å². The molecule has 0 radical (unpaired) electrons. The number of anilines is 1. The molecule has 0 atom stereocenters. The molecule has 0 aromatic heterocycles. The number of rotatable bonds is 5. The zero-order valence-electron chi connectivity index (χ0n) is 11.8. The minimum Gasteiger partial charge on any atom is -0.481 e. The molecular formula is C14H17FN2O4. The van der Waals surface area contributed by atoms with E-state index in [4.69, 9.17) is 5.11 Å². The number of urea groups is 1. The summed E-state index contributed by atoms with van der Waals surface area (Å²) in [5.41, 5.74) is -0.419. The smallest absolute Gasteiger partial charge is 0.325 e. The van der Waals surface area contributed by atoms with Gasteiger partial charge in [0.15, 0.2) is 0 Å². The van der Waals surface area contributed by atoms with Gasteiger partial charge in [-0.1, -0.05) is 13.8 Å². The molecule has 1 rings (SSSR count). The molecule has 0 bridgehead atoms. The van der Waals surface area contributed by atoms with Crippen molar-refractivity contribution in [1.82, 2.24) is 5.32 Å². The first-order chi connectivity index (χ1) is 9.68. The van der Waals surface area contributed by atoms with Gasteiger partial charge in [0.05, 0.1) is 6.42 Å². The average Bonchev–Trinajstić information content (AvgIpc) is 2.28. The molecule has 0 unspecified atom stereocenters. The first-order valence-corrected chi connectivity index (χ1v) is 6.26. The normalized spacial score (nSPS) is 10.8. The standard InChI is InChI=1S/C14H17FN2O4/c1-14(2,8-12(19)20)7-11(18)17-13(21)16-10-5-3-9(15)4-6-10/h3-6H,7-8H2,1-2H3,(H,19,20)(H2,16,17,18,21). The van der Waals surface area contributed by atoms with Gasteiger partial charge in [-0.3, -0.25) is 14.9 Å². The summed E-state index contributed by atoms with van der Waals surface area (Å²) < 4.78 is 12.7. The van der Waals surface area contributed by atoms with Crippen molar-refractivity contribution in [3.63, 3.8) is 0 Å². The van der Waals surface area contributed by atoms with Gasteiger partial charge >= 0.3 is 12.0 Å². The molecule has 0 fully saturated rings. The summed E-state index contributed by atoms with van der Waals surface area (Å²) >= 11 is 0. The molecule has 3 amide bonds. The zero-order chi connectivity index (χ0) is 16.0. The van der Waals surface area contributed by atoms with Gasteiger partial charge in [-0.25, -0.2) is 9.18 Å². The second-order valence-corrected chi connectivity index (χ2v) is 5.42. The number of nitrogens with one attached hydrogen (secondary N) is 2. The van der Waals surface area contributed by atoms with Crippen LogP contribution >= 0.6 is 0 Å². The van der Waals surface area contributed by atoms with Crippen molar-refractivity contribution in [2.24, 2.45) is 5.41 Å². The van der Waals surface area contributed by atoms with Crippen LogP contribution in [-0.4, -0.2) is 23.0 Å². The fraction of sp³-hybridized carbons (Fsp3) is 0.357. The Hall–Kier alpha value is -2.44. The maximum Gasteiger partial charge on any atom is 0.325 e. The molecule has 21 heavy (non-hydrogen) atoms. The summed E-state index contributed by atoms with van der Waals surface area (Å²) in [5, 5.41) is 13.2. The van der Waals surface area contributed by atoms with Crippen molar-refractivity contribution < 1.29 is 23.9 Å². The number of hydrogen-bond acceptors (Lipinski definition) is 3. The Morgan fingerprint density at radius 3 is 2.24 bits per heavy atom. The lowest BCUT2D eigenvalue weighted by atomic mass is 9.85. The predicted molar refractivity (Wildman–Crippen MR) is 74.2 cm³/mol.